The van der Waals surface area contributed by atoms with Crippen LogP contribution in [-0.2, 0) is 11.3 Å². The van der Waals surface area contributed by atoms with Gasteiger partial charge in [-0.15, -0.1) is 0 Å². The first-order chi connectivity index (χ1) is 12.1. The summed E-state index contributed by atoms with van der Waals surface area (Å²) in [6.07, 6.45) is 0.0786. The van der Waals surface area contributed by atoms with Crippen LogP contribution in [0.3, 0.4) is 0 Å². The van der Waals surface area contributed by atoms with Gasteiger partial charge in [0.1, 0.15) is 5.75 Å². The summed E-state index contributed by atoms with van der Waals surface area (Å²) in [5.74, 6) is 2.08. The summed E-state index contributed by atoms with van der Waals surface area (Å²) in [6.45, 7) is 6.59. The minimum Gasteiger partial charge on any atom is -0.480 e. The molecule has 1 unspecified atom stereocenters. The first-order valence-corrected chi connectivity index (χ1v) is 8.47. The highest BCUT2D eigenvalue weighted by Crippen LogP contribution is 2.32. The summed E-state index contributed by atoms with van der Waals surface area (Å²) < 4.78 is 16.6. The topological polar surface area (TPSA) is 56.8 Å². The third kappa shape index (κ3) is 4.05. The van der Waals surface area contributed by atoms with E-state index in [0.717, 1.165) is 28.2 Å². The van der Waals surface area contributed by atoms with E-state index >= 15 is 0 Å². The predicted molar refractivity (Wildman–Crippen MR) is 95.0 cm³/mol. The van der Waals surface area contributed by atoms with Gasteiger partial charge in [-0.05, 0) is 55.2 Å². The molecule has 0 spiro atoms. The Morgan fingerprint density at radius 3 is 2.76 bits per heavy atom. The number of carbonyl (C=O) groups is 1. The molecule has 1 aliphatic rings. The normalized spacial score (nSPS) is 13.4. The Kier molecular flexibility index (Phi) is 5.12. The molecule has 0 aliphatic carbocycles. The second-order valence-corrected chi connectivity index (χ2v) is 6.19. The molecule has 2 aromatic rings. The van der Waals surface area contributed by atoms with E-state index in [-0.39, 0.29) is 12.7 Å². The number of carbonyl (C=O) groups excluding carboxylic acids is 1. The van der Waals surface area contributed by atoms with Crippen LogP contribution < -0.4 is 19.5 Å². The molecule has 0 bridgehead atoms. The van der Waals surface area contributed by atoms with E-state index < -0.39 is 6.10 Å². The van der Waals surface area contributed by atoms with Gasteiger partial charge in [0.25, 0.3) is 5.91 Å². The number of hydrogen-bond acceptors (Lipinski definition) is 4. The average Bonchev–Trinajstić information content (AvgIpc) is 3.08. The van der Waals surface area contributed by atoms with Gasteiger partial charge >= 0.3 is 0 Å². The SMILES string of the molecule is CCC(Oc1cc(C)ccc1C)C(=O)NCc1ccc2c(c1)OCO2. The van der Waals surface area contributed by atoms with Gasteiger partial charge in [-0.25, -0.2) is 0 Å². The molecule has 1 aliphatic heterocycles. The van der Waals surface area contributed by atoms with Crippen LogP contribution in [-0.4, -0.2) is 18.8 Å². The molecular weight excluding hydrogens is 318 g/mol. The lowest BCUT2D eigenvalue weighted by atomic mass is 10.1. The zero-order valence-electron chi connectivity index (χ0n) is 14.8. The van der Waals surface area contributed by atoms with Gasteiger partial charge in [-0.1, -0.05) is 25.1 Å². The standard InChI is InChI=1S/C20H23NO4/c1-4-16(25-18-9-13(2)5-6-14(18)3)20(22)21-11-15-7-8-17-19(10-15)24-12-23-17/h5-10,16H,4,11-12H2,1-3H3,(H,21,22). The molecule has 5 heteroatoms. The molecule has 1 atom stereocenters. The summed E-state index contributed by atoms with van der Waals surface area (Å²) in [6, 6.07) is 11.6. The van der Waals surface area contributed by atoms with Crippen molar-refractivity contribution in [3.05, 3.63) is 53.1 Å². The van der Waals surface area contributed by atoms with Gasteiger partial charge in [-0.3, -0.25) is 4.79 Å². The van der Waals surface area contributed by atoms with Crippen molar-refractivity contribution >= 4 is 5.91 Å². The fourth-order valence-corrected chi connectivity index (χ4v) is 2.66. The Bertz CT molecular complexity index is 772. The van der Waals surface area contributed by atoms with E-state index in [2.05, 4.69) is 5.32 Å². The van der Waals surface area contributed by atoms with E-state index in [1.54, 1.807) is 0 Å². The Hall–Kier alpha value is -2.69. The first kappa shape index (κ1) is 17.1. The first-order valence-electron chi connectivity index (χ1n) is 8.47. The number of nitrogens with one attached hydrogen (secondary N) is 1. The van der Waals surface area contributed by atoms with Crippen LogP contribution in [0.2, 0.25) is 0 Å². The van der Waals surface area contributed by atoms with E-state index in [0.29, 0.717) is 18.7 Å². The smallest absolute Gasteiger partial charge is 0.261 e. The van der Waals surface area contributed by atoms with Gasteiger partial charge in [0, 0.05) is 6.54 Å². The second-order valence-electron chi connectivity index (χ2n) is 6.19. The third-order valence-electron chi connectivity index (χ3n) is 4.18. The maximum Gasteiger partial charge on any atom is 0.261 e. The molecule has 0 saturated carbocycles. The molecule has 1 N–H and O–H groups in total. The summed E-state index contributed by atoms with van der Waals surface area (Å²) in [7, 11) is 0. The van der Waals surface area contributed by atoms with Crippen LogP contribution in [0, 0.1) is 13.8 Å². The maximum absolute atomic E-state index is 12.5. The summed E-state index contributed by atoms with van der Waals surface area (Å²) in [4.78, 5) is 12.5. The molecule has 132 valence electrons. The van der Waals surface area contributed by atoms with Gasteiger partial charge in [-0.2, -0.15) is 0 Å². The van der Waals surface area contributed by atoms with Gasteiger partial charge < -0.3 is 19.5 Å². The lowest BCUT2D eigenvalue weighted by molar-refractivity contribution is -0.128. The zero-order valence-corrected chi connectivity index (χ0v) is 14.8. The number of fused-ring (bicyclic) bond motifs is 1. The number of amides is 1. The zero-order chi connectivity index (χ0) is 17.8. The molecule has 2 aromatic carbocycles. The average molecular weight is 341 g/mol. The molecule has 0 saturated heterocycles. The lowest BCUT2D eigenvalue weighted by Crippen LogP contribution is -2.37. The van der Waals surface area contributed by atoms with Gasteiger partial charge in [0.05, 0.1) is 0 Å². The summed E-state index contributed by atoms with van der Waals surface area (Å²) in [5.41, 5.74) is 3.09. The fourth-order valence-electron chi connectivity index (χ4n) is 2.66. The molecule has 3 rings (SSSR count). The van der Waals surface area contributed by atoms with Crippen molar-refractivity contribution in [3.63, 3.8) is 0 Å². The van der Waals surface area contributed by atoms with Gasteiger partial charge in [0.2, 0.25) is 6.79 Å². The predicted octanol–water partition coefficient (Wildman–Crippen LogP) is 3.51. The largest absolute Gasteiger partial charge is 0.480 e. The molecule has 0 fully saturated rings. The fraction of sp³-hybridized carbons (Fsp3) is 0.350. The van der Waals surface area contributed by atoms with Crippen molar-refractivity contribution in [1.29, 1.82) is 0 Å². The van der Waals surface area contributed by atoms with Crippen LogP contribution in [0.25, 0.3) is 0 Å². The Morgan fingerprint density at radius 2 is 1.96 bits per heavy atom. The third-order valence-corrected chi connectivity index (χ3v) is 4.18. The van der Waals surface area contributed by atoms with Crippen molar-refractivity contribution in [2.24, 2.45) is 0 Å². The van der Waals surface area contributed by atoms with Gasteiger partial charge in [0.15, 0.2) is 17.6 Å². The number of benzene rings is 2. The van der Waals surface area contributed by atoms with E-state index in [1.807, 2.05) is 57.2 Å². The highest BCUT2D eigenvalue weighted by molar-refractivity contribution is 5.81. The molecular formula is C20H23NO4. The highest BCUT2D eigenvalue weighted by atomic mass is 16.7. The van der Waals surface area contributed by atoms with Crippen molar-refractivity contribution in [2.75, 3.05) is 6.79 Å². The molecule has 1 heterocycles. The van der Waals surface area contributed by atoms with E-state index in [9.17, 15) is 4.79 Å². The summed E-state index contributed by atoms with van der Waals surface area (Å²) >= 11 is 0. The van der Waals surface area contributed by atoms with Crippen molar-refractivity contribution in [2.45, 2.75) is 39.8 Å². The van der Waals surface area contributed by atoms with Crippen molar-refractivity contribution < 1.29 is 19.0 Å². The molecule has 0 radical (unpaired) electrons. The Morgan fingerprint density at radius 1 is 1.16 bits per heavy atom. The molecule has 1 amide bonds. The number of aryl methyl sites for hydroxylation is 2. The lowest BCUT2D eigenvalue weighted by Gasteiger charge is -2.19. The number of hydrogen-bond donors (Lipinski definition) is 1. The van der Waals surface area contributed by atoms with Crippen LogP contribution in [0.1, 0.15) is 30.0 Å². The van der Waals surface area contributed by atoms with Crippen LogP contribution in [0.5, 0.6) is 17.2 Å². The second kappa shape index (κ2) is 7.47. The quantitative estimate of drug-likeness (QED) is 0.874. The van der Waals surface area contributed by atoms with Crippen molar-refractivity contribution in [3.8, 4) is 17.2 Å². The van der Waals surface area contributed by atoms with Crippen LogP contribution >= 0.6 is 0 Å². The van der Waals surface area contributed by atoms with Crippen molar-refractivity contribution in [1.82, 2.24) is 5.32 Å². The highest BCUT2D eigenvalue weighted by Gasteiger charge is 2.19. The Labute approximate surface area is 147 Å². The molecule has 0 aromatic heterocycles. The minimum atomic E-state index is -0.519. The van der Waals surface area contributed by atoms with E-state index in [4.69, 9.17) is 14.2 Å². The minimum absolute atomic E-state index is 0.124. The van der Waals surface area contributed by atoms with Crippen LogP contribution in [0.15, 0.2) is 36.4 Å². The Balaban J connectivity index is 1.61. The van der Waals surface area contributed by atoms with E-state index in [1.165, 1.54) is 0 Å². The van der Waals surface area contributed by atoms with Crippen LogP contribution in [0.4, 0.5) is 0 Å². The summed E-state index contributed by atoms with van der Waals surface area (Å²) in [5, 5.41) is 2.94. The maximum atomic E-state index is 12.5. The number of rotatable bonds is 6. The molecule has 25 heavy (non-hydrogen) atoms. The number of ether oxygens (including phenoxy) is 3. The molecule has 5 nitrogen and oxygen atoms in total. The monoisotopic (exact) mass is 341 g/mol.